The van der Waals surface area contributed by atoms with Crippen LogP contribution in [0.25, 0.3) is 0 Å². The van der Waals surface area contributed by atoms with Crippen molar-refractivity contribution in [3.05, 3.63) is 0 Å². The van der Waals surface area contributed by atoms with Crippen molar-refractivity contribution >= 4 is 11.8 Å². The van der Waals surface area contributed by atoms with E-state index in [0.29, 0.717) is 12.1 Å². The molecule has 0 amide bonds. The molecule has 0 radical (unpaired) electrons. The molecule has 0 aromatic rings. The van der Waals surface area contributed by atoms with Gasteiger partial charge < -0.3 is 5.32 Å². The lowest BCUT2D eigenvalue weighted by Gasteiger charge is -2.31. The molecule has 16 heavy (non-hydrogen) atoms. The first-order valence-electron chi connectivity index (χ1n) is 6.72. The first kappa shape index (κ1) is 14.3. The fourth-order valence-corrected chi connectivity index (χ4v) is 3.54. The Balaban J connectivity index is 2.24. The van der Waals surface area contributed by atoms with Crippen molar-refractivity contribution < 1.29 is 0 Å². The van der Waals surface area contributed by atoms with Crippen molar-refractivity contribution in [2.24, 2.45) is 0 Å². The monoisotopic (exact) mass is 244 g/mol. The van der Waals surface area contributed by atoms with E-state index in [2.05, 4.69) is 49.8 Å². The van der Waals surface area contributed by atoms with Crippen molar-refractivity contribution in [1.82, 2.24) is 10.2 Å². The Morgan fingerprint density at radius 2 is 2.06 bits per heavy atom. The summed E-state index contributed by atoms with van der Waals surface area (Å²) >= 11 is 2.10. The lowest BCUT2D eigenvalue weighted by molar-refractivity contribution is 0.191. The van der Waals surface area contributed by atoms with E-state index in [1.165, 1.54) is 30.8 Å². The minimum atomic E-state index is 0.657. The molecule has 2 nitrogen and oxygen atoms in total. The molecule has 2 atom stereocenters. The zero-order valence-corrected chi connectivity index (χ0v) is 12.1. The molecule has 0 spiro atoms. The van der Waals surface area contributed by atoms with E-state index in [-0.39, 0.29) is 0 Å². The number of hydrogen-bond acceptors (Lipinski definition) is 3. The predicted octanol–water partition coefficient (Wildman–Crippen LogP) is 2.59. The molecular weight excluding hydrogens is 216 g/mol. The second-order valence-electron chi connectivity index (χ2n) is 4.95. The van der Waals surface area contributed by atoms with Crippen LogP contribution in [0.2, 0.25) is 0 Å². The number of nitrogens with zero attached hydrogens (tertiary/aromatic N) is 1. The van der Waals surface area contributed by atoms with Crippen LogP contribution >= 0.6 is 11.8 Å². The van der Waals surface area contributed by atoms with Crippen LogP contribution in [0.15, 0.2) is 0 Å². The van der Waals surface area contributed by atoms with Gasteiger partial charge >= 0.3 is 0 Å². The highest BCUT2D eigenvalue weighted by molar-refractivity contribution is 7.99. The standard InChI is InChI=1S/C13H28N2S/c1-5-12(6-2)14-9-11(3)15(4)13-7-8-16-10-13/h11-14H,5-10H2,1-4H3. The van der Waals surface area contributed by atoms with Crippen LogP contribution in [0.4, 0.5) is 0 Å². The number of rotatable bonds is 7. The molecule has 1 heterocycles. The van der Waals surface area contributed by atoms with Crippen molar-refractivity contribution in [3.63, 3.8) is 0 Å². The quantitative estimate of drug-likeness (QED) is 0.741. The smallest absolute Gasteiger partial charge is 0.0194 e. The van der Waals surface area contributed by atoms with Gasteiger partial charge in [-0.25, -0.2) is 0 Å². The summed E-state index contributed by atoms with van der Waals surface area (Å²) in [5.74, 6) is 2.67. The number of likely N-dealkylation sites (N-methyl/N-ethyl adjacent to an activating group) is 1. The van der Waals surface area contributed by atoms with Crippen molar-refractivity contribution in [3.8, 4) is 0 Å². The van der Waals surface area contributed by atoms with E-state index in [1.807, 2.05) is 0 Å². The molecular formula is C13H28N2S. The van der Waals surface area contributed by atoms with Crippen LogP contribution in [0.3, 0.4) is 0 Å². The predicted molar refractivity (Wildman–Crippen MR) is 75.3 cm³/mol. The highest BCUT2D eigenvalue weighted by Gasteiger charge is 2.23. The maximum Gasteiger partial charge on any atom is 0.0194 e. The highest BCUT2D eigenvalue weighted by atomic mass is 32.2. The fraction of sp³-hybridized carbons (Fsp3) is 1.00. The average molecular weight is 244 g/mol. The van der Waals surface area contributed by atoms with Gasteiger partial charge in [-0.1, -0.05) is 13.8 Å². The third-order valence-corrected chi connectivity index (χ3v) is 5.01. The Labute approximate surface area is 106 Å². The van der Waals surface area contributed by atoms with Gasteiger partial charge in [0.05, 0.1) is 0 Å². The van der Waals surface area contributed by atoms with Crippen LogP contribution in [0.5, 0.6) is 0 Å². The van der Waals surface area contributed by atoms with Gasteiger partial charge in [0.2, 0.25) is 0 Å². The highest BCUT2D eigenvalue weighted by Crippen LogP contribution is 2.22. The van der Waals surface area contributed by atoms with Gasteiger partial charge in [-0.2, -0.15) is 11.8 Å². The zero-order valence-electron chi connectivity index (χ0n) is 11.3. The van der Waals surface area contributed by atoms with Gasteiger partial charge in [-0.05, 0) is 39.0 Å². The summed E-state index contributed by atoms with van der Waals surface area (Å²) in [7, 11) is 2.29. The molecule has 3 heteroatoms. The molecule has 1 fully saturated rings. The summed E-state index contributed by atoms with van der Waals surface area (Å²) in [4.78, 5) is 2.56. The molecule has 1 aliphatic heterocycles. The minimum absolute atomic E-state index is 0.657. The molecule has 1 aliphatic rings. The van der Waals surface area contributed by atoms with Gasteiger partial charge in [-0.15, -0.1) is 0 Å². The second-order valence-corrected chi connectivity index (χ2v) is 6.10. The SMILES string of the molecule is CCC(CC)NCC(C)N(C)C1CCSC1. The summed E-state index contributed by atoms with van der Waals surface area (Å²) in [6.07, 6.45) is 3.86. The van der Waals surface area contributed by atoms with Crippen LogP contribution in [0.1, 0.15) is 40.0 Å². The molecule has 0 aromatic heterocycles. The first-order valence-corrected chi connectivity index (χ1v) is 7.87. The maximum absolute atomic E-state index is 3.67. The summed E-state index contributed by atoms with van der Waals surface area (Å²) in [6, 6.07) is 2.17. The molecule has 0 saturated carbocycles. The maximum atomic E-state index is 3.67. The van der Waals surface area contributed by atoms with Crippen LogP contribution in [-0.2, 0) is 0 Å². The van der Waals surface area contributed by atoms with E-state index < -0.39 is 0 Å². The van der Waals surface area contributed by atoms with Gasteiger partial charge in [-0.3, -0.25) is 4.90 Å². The Kier molecular flexibility index (Phi) is 6.78. The summed E-state index contributed by atoms with van der Waals surface area (Å²) in [5.41, 5.74) is 0. The fourth-order valence-electron chi connectivity index (χ4n) is 2.26. The summed E-state index contributed by atoms with van der Waals surface area (Å²) in [6.45, 7) is 8.01. The van der Waals surface area contributed by atoms with Crippen molar-refractivity contribution in [2.75, 3.05) is 25.1 Å². The van der Waals surface area contributed by atoms with E-state index in [1.54, 1.807) is 0 Å². The Morgan fingerprint density at radius 1 is 1.38 bits per heavy atom. The first-order chi connectivity index (χ1) is 7.69. The Bertz CT molecular complexity index is 177. The second kappa shape index (κ2) is 7.57. The average Bonchev–Trinajstić information content (AvgIpc) is 2.82. The molecule has 0 aromatic carbocycles. The lowest BCUT2D eigenvalue weighted by Crippen LogP contribution is -2.45. The number of hydrogen-bond donors (Lipinski definition) is 1. The van der Waals surface area contributed by atoms with Crippen molar-refractivity contribution in [1.29, 1.82) is 0 Å². The Hall–Kier alpha value is 0.270. The molecule has 1 rings (SSSR count). The lowest BCUT2D eigenvalue weighted by atomic mass is 10.1. The number of thioether (sulfide) groups is 1. The third kappa shape index (κ3) is 4.27. The van der Waals surface area contributed by atoms with Gasteiger partial charge in [0, 0.05) is 30.4 Å². The normalized spacial score (nSPS) is 23.2. The third-order valence-electron chi connectivity index (χ3n) is 3.86. The Morgan fingerprint density at radius 3 is 2.56 bits per heavy atom. The van der Waals surface area contributed by atoms with Gasteiger partial charge in [0.1, 0.15) is 0 Å². The summed E-state index contributed by atoms with van der Waals surface area (Å²) in [5, 5.41) is 3.67. The molecule has 1 N–H and O–H groups in total. The summed E-state index contributed by atoms with van der Waals surface area (Å²) < 4.78 is 0. The molecule has 1 saturated heterocycles. The number of nitrogens with one attached hydrogen (secondary N) is 1. The topological polar surface area (TPSA) is 15.3 Å². The molecule has 0 bridgehead atoms. The van der Waals surface area contributed by atoms with E-state index >= 15 is 0 Å². The zero-order chi connectivity index (χ0) is 12.0. The molecule has 0 aliphatic carbocycles. The molecule has 96 valence electrons. The van der Waals surface area contributed by atoms with Gasteiger partial charge in [0.25, 0.3) is 0 Å². The van der Waals surface area contributed by atoms with E-state index in [0.717, 1.165) is 12.6 Å². The van der Waals surface area contributed by atoms with Crippen LogP contribution in [0, 0.1) is 0 Å². The van der Waals surface area contributed by atoms with Gasteiger partial charge in [0.15, 0.2) is 0 Å². The van der Waals surface area contributed by atoms with E-state index in [9.17, 15) is 0 Å². The largest absolute Gasteiger partial charge is 0.312 e. The van der Waals surface area contributed by atoms with Crippen LogP contribution < -0.4 is 5.32 Å². The molecule has 2 unspecified atom stereocenters. The van der Waals surface area contributed by atoms with E-state index in [4.69, 9.17) is 0 Å². The van der Waals surface area contributed by atoms with Crippen molar-refractivity contribution in [2.45, 2.75) is 58.2 Å². The van der Waals surface area contributed by atoms with Crippen LogP contribution in [-0.4, -0.2) is 48.1 Å². The minimum Gasteiger partial charge on any atom is -0.312 e.